The minimum atomic E-state index is -4.65. The van der Waals surface area contributed by atoms with Gasteiger partial charge in [-0.1, -0.05) is 36.8 Å². The van der Waals surface area contributed by atoms with Gasteiger partial charge in [0.15, 0.2) is 12.2 Å². The van der Waals surface area contributed by atoms with Crippen molar-refractivity contribution in [3.05, 3.63) is 35.4 Å². The quantitative estimate of drug-likeness (QED) is 0.895. The number of benzene rings is 1. The van der Waals surface area contributed by atoms with Gasteiger partial charge in [-0.2, -0.15) is 13.2 Å². The van der Waals surface area contributed by atoms with Gasteiger partial charge in [-0.05, 0) is 18.9 Å². The van der Waals surface area contributed by atoms with Gasteiger partial charge in [-0.15, -0.1) is 0 Å². The Hall–Kier alpha value is -1.56. The lowest BCUT2D eigenvalue weighted by atomic mass is 10.1. The van der Waals surface area contributed by atoms with Crippen molar-refractivity contribution in [2.45, 2.75) is 38.7 Å². The van der Waals surface area contributed by atoms with E-state index < -0.39 is 24.4 Å². The van der Waals surface area contributed by atoms with Crippen molar-refractivity contribution in [1.29, 1.82) is 0 Å². The predicted octanol–water partition coefficient (Wildman–Crippen LogP) is 3.48. The Morgan fingerprint density at radius 1 is 1.32 bits per heavy atom. The summed E-state index contributed by atoms with van der Waals surface area (Å²) in [6, 6.07) is 5.64. The van der Waals surface area contributed by atoms with Crippen LogP contribution in [0.1, 0.15) is 30.6 Å². The summed E-state index contributed by atoms with van der Waals surface area (Å²) in [5.74, 6) is -1.40. The molecular formula is C13H15F3O3. The van der Waals surface area contributed by atoms with Crippen molar-refractivity contribution < 1.29 is 27.8 Å². The van der Waals surface area contributed by atoms with Crippen LogP contribution in [-0.4, -0.2) is 23.4 Å². The van der Waals surface area contributed by atoms with Gasteiger partial charge in [0.05, 0.1) is 0 Å². The molecule has 0 aliphatic rings. The van der Waals surface area contributed by atoms with E-state index in [-0.39, 0.29) is 12.0 Å². The molecule has 0 amide bonds. The first-order chi connectivity index (χ1) is 8.75. The average Bonchev–Trinajstić information content (AvgIpc) is 2.30. The van der Waals surface area contributed by atoms with E-state index in [1.54, 1.807) is 6.92 Å². The topological polar surface area (TPSA) is 46.5 Å². The summed E-state index contributed by atoms with van der Waals surface area (Å²) in [4.78, 5) is 10.8. The molecule has 0 fully saturated rings. The smallest absolute Gasteiger partial charge is 0.418 e. The first-order valence-corrected chi connectivity index (χ1v) is 5.77. The number of carbonyl (C=O) groups is 1. The molecule has 1 aromatic rings. The number of aryl methyl sites for hydroxylation is 1. The molecule has 6 heteroatoms. The number of alkyl halides is 3. The highest BCUT2D eigenvalue weighted by Gasteiger charge is 2.44. The molecule has 0 aromatic heterocycles. The molecular weight excluding hydrogens is 261 g/mol. The minimum Gasteiger partial charge on any atom is -0.479 e. The molecule has 0 bridgehead atoms. The molecule has 0 heterocycles. The Morgan fingerprint density at radius 2 is 1.84 bits per heavy atom. The molecule has 2 unspecified atom stereocenters. The van der Waals surface area contributed by atoms with Gasteiger partial charge < -0.3 is 9.84 Å². The van der Waals surface area contributed by atoms with Gasteiger partial charge >= 0.3 is 12.1 Å². The number of carboxylic acid groups (broad SMARTS) is 1. The van der Waals surface area contributed by atoms with E-state index in [0.717, 1.165) is 5.56 Å². The van der Waals surface area contributed by atoms with Crippen molar-refractivity contribution >= 4 is 5.97 Å². The van der Waals surface area contributed by atoms with Crippen molar-refractivity contribution in [3.63, 3.8) is 0 Å². The van der Waals surface area contributed by atoms with Gasteiger partial charge in [0.2, 0.25) is 0 Å². The third kappa shape index (κ3) is 4.24. The summed E-state index contributed by atoms with van der Waals surface area (Å²) in [5, 5.41) is 8.79. The number of aliphatic carboxylic acids is 1. The lowest BCUT2D eigenvalue weighted by Crippen LogP contribution is -2.32. The Kier molecular flexibility index (Phi) is 4.94. The van der Waals surface area contributed by atoms with E-state index in [0.29, 0.717) is 0 Å². The van der Waals surface area contributed by atoms with Gasteiger partial charge in [-0.25, -0.2) is 4.79 Å². The first-order valence-electron chi connectivity index (χ1n) is 5.77. The van der Waals surface area contributed by atoms with Crippen molar-refractivity contribution in [2.75, 3.05) is 0 Å². The third-order valence-electron chi connectivity index (χ3n) is 2.62. The molecule has 0 saturated carbocycles. The third-order valence-corrected chi connectivity index (χ3v) is 2.62. The summed E-state index contributed by atoms with van der Waals surface area (Å²) in [6.07, 6.45) is -8.39. The second-order valence-corrected chi connectivity index (χ2v) is 4.20. The average molecular weight is 276 g/mol. The van der Waals surface area contributed by atoms with Crippen LogP contribution in [0.4, 0.5) is 13.2 Å². The van der Waals surface area contributed by atoms with Gasteiger partial charge in [0.25, 0.3) is 0 Å². The second kappa shape index (κ2) is 6.06. The summed E-state index contributed by atoms with van der Waals surface area (Å²) < 4.78 is 43.6. The normalized spacial score (nSPS) is 15.0. The van der Waals surface area contributed by atoms with Gasteiger partial charge in [0, 0.05) is 0 Å². The number of hydrogen-bond acceptors (Lipinski definition) is 2. The van der Waals surface area contributed by atoms with E-state index in [2.05, 4.69) is 0 Å². The highest BCUT2D eigenvalue weighted by atomic mass is 19.4. The summed E-state index contributed by atoms with van der Waals surface area (Å²) in [7, 11) is 0. The molecule has 0 radical (unpaired) electrons. The Bertz CT molecular complexity index is 426. The molecule has 1 aromatic carbocycles. The van der Waals surface area contributed by atoms with Crippen molar-refractivity contribution in [2.24, 2.45) is 0 Å². The molecule has 106 valence electrons. The molecule has 0 aliphatic heterocycles. The lowest BCUT2D eigenvalue weighted by Gasteiger charge is -2.24. The molecule has 0 saturated heterocycles. The van der Waals surface area contributed by atoms with Crippen LogP contribution in [0.15, 0.2) is 24.3 Å². The van der Waals surface area contributed by atoms with E-state index in [4.69, 9.17) is 9.84 Å². The molecule has 1 N–H and O–H groups in total. The van der Waals surface area contributed by atoms with Crippen LogP contribution < -0.4 is 0 Å². The van der Waals surface area contributed by atoms with Crippen LogP contribution in [0.3, 0.4) is 0 Å². The maximum Gasteiger partial charge on any atom is 0.418 e. The van der Waals surface area contributed by atoms with Crippen LogP contribution in [0.2, 0.25) is 0 Å². The number of halogens is 3. The monoisotopic (exact) mass is 276 g/mol. The van der Waals surface area contributed by atoms with Crippen LogP contribution in [0.5, 0.6) is 0 Å². The molecule has 2 atom stereocenters. The second-order valence-electron chi connectivity index (χ2n) is 4.20. The first kappa shape index (κ1) is 15.5. The summed E-state index contributed by atoms with van der Waals surface area (Å²) in [6.45, 7) is 3.21. The Labute approximate surface area is 109 Å². The largest absolute Gasteiger partial charge is 0.479 e. The van der Waals surface area contributed by atoms with Crippen LogP contribution in [-0.2, 0) is 9.53 Å². The highest BCUT2D eigenvalue weighted by Crippen LogP contribution is 2.37. The highest BCUT2D eigenvalue weighted by molar-refractivity contribution is 5.72. The Morgan fingerprint density at radius 3 is 2.21 bits per heavy atom. The number of ether oxygens (including phenoxy) is 1. The van der Waals surface area contributed by atoms with E-state index in [1.165, 1.54) is 31.2 Å². The summed E-state index contributed by atoms with van der Waals surface area (Å²) >= 11 is 0. The van der Waals surface area contributed by atoms with E-state index in [9.17, 15) is 18.0 Å². The molecule has 0 aliphatic carbocycles. The molecule has 1 rings (SSSR count). The number of hydrogen-bond donors (Lipinski definition) is 1. The number of carboxylic acids is 1. The van der Waals surface area contributed by atoms with Crippen LogP contribution in [0.25, 0.3) is 0 Å². The zero-order valence-electron chi connectivity index (χ0n) is 10.6. The fraction of sp³-hybridized carbons (Fsp3) is 0.462. The minimum absolute atomic E-state index is 0.0340. The van der Waals surface area contributed by atoms with Gasteiger partial charge in [0.1, 0.15) is 0 Å². The maximum atomic E-state index is 12.9. The zero-order chi connectivity index (χ0) is 14.6. The predicted molar refractivity (Wildman–Crippen MR) is 62.8 cm³/mol. The Balaban J connectivity index is 3.02. The summed E-state index contributed by atoms with van der Waals surface area (Å²) in [5.41, 5.74) is 0.716. The lowest BCUT2D eigenvalue weighted by molar-refractivity contribution is -0.238. The molecule has 19 heavy (non-hydrogen) atoms. The van der Waals surface area contributed by atoms with Crippen molar-refractivity contribution in [3.8, 4) is 0 Å². The SMILES string of the molecule is CCC(OC(c1ccc(C)cc1)C(F)(F)F)C(=O)O. The molecule has 0 spiro atoms. The van der Waals surface area contributed by atoms with E-state index >= 15 is 0 Å². The standard InChI is InChI=1S/C13H15F3O3/c1-3-10(12(17)18)19-11(13(14,15)16)9-6-4-8(2)5-7-9/h4-7,10-11H,3H2,1-2H3,(H,17,18). The molecule has 3 nitrogen and oxygen atoms in total. The zero-order valence-corrected chi connectivity index (χ0v) is 10.6. The maximum absolute atomic E-state index is 12.9. The van der Waals surface area contributed by atoms with E-state index in [1.807, 2.05) is 0 Å². The van der Waals surface area contributed by atoms with Crippen molar-refractivity contribution in [1.82, 2.24) is 0 Å². The van der Waals surface area contributed by atoms with Crippen LogP contribution in [0, 0.1) is 6.92 Å². The fourth-order valence-corrected chi connectivity index (χ4v) is 1.58. The fourth-order valence-electron chi connectivity index (χ4n) is 1.58. The van der Waals surface area contributed by atoms with Gasteiger partial charge in [-0.3, -0.25) is 0 Å². The number of rotatable bonds is 5. The van der Waals surface area contributed by atoms with Crippen LogP contribution >= 0.6 is 0 Å².